The zero-order chi connectivity index (χ0) is 13.5. The molecule has 5 heteroatoms. The van der Waals surface area contributed by atoms with E-state index < -0.39 is 5.76 Å². The third-order valence-electron chi connectivity index (χ3n) is 3.16. The molecule has 2 aromatic heterocycles. The lowest BCUT2D eigenvalue weighted by atomic mass is 10.2. The third-order valence-corrected chi connectivity index (χ3v) is 3.16. The first kappa shape index (κ1) is 10.9. The number of aromatic amines is 1. The number of hydrogen-bond acceptors (Lipinski definition) is 4. The predicted octanol–water partition coefficient (Wildman–Crippen LogP) is 3.61. The molecule has 20 heavy (non-hydrogen) atoms. The fourth-order valence-electron chi connectivity index (χ4n) is 2.23. The minimum atomic E-state index is -0.447. The highest BCUT2D eigenvalue weighted by Gasteiger charge is 2.03. The lowest BCUT2D eigenvalue weighted by Gasteiger charge is -2.05. The predicted molar refractivity (Wildman–Crippen MR) is 76.3 cm³/mol. The summed E-state index contributed by atoms with van der Waals surface area (Å²) < 4.78 is 10.3. The van der Waals surface area contributed by atoms with Gasteiger partial charge in [-0.15, -0.1) is 0 Å². The van der Waals surface area contributed by atoms with Gasteiger partial charge in [-0.3, -0.25) is 4.98 Å². The number of hydrogen-bond donors (Lipinski definition) is 2. The van der Waals surface area contributed by atoms with Gasteiger partial charge in [-0.1, -0.05) is 0 Å². The molecule has 0 saturated carbocycles. The summed E-state index contributed by atoms with van der Waals surface area (Å²) in [6.45, 7) is 0. The van der Waals surface area contributed by atoms with Crippen LogP contribution in [0.15, 0.2) is 62.4 Å². The van der Waals surface area contributed by atoms with Gasteiger partial charge in [0.05, 0.1) is 11.8 Å². The number of furan rings is 1. The van der Waals surface area contributed by atoms with Crippen LogP contribution in [-0.2, 0) is 0 Å². The van der Waals surface area contributed by atoms with Gasteiger partial charge in [-0.25, -0.2) is 4.79 Å². The Balaban J connectivity index is 1.73. The lowest BCUT2D eigenvalue weighted by molar-refractivity contribution is 0.555. The number of anilines is 2. The topological polar surface area (TPSA) is 71.2 Å². The van der Waals surface area contributed by atoms with E-state index in [2.05, 4.69) is 10.3 Å². The van der Waals surface area contributed by atoms with Crippen molar-refractivity contribution in [3.63, 3.8) is 0 Å². The second kappa shape index (κ2) is 4.03. The molecule has 0 radical (unpaired) electrons. The van der Waals surface area contributed by atoms with E-state index >= 15 is 0 Å². The van der Waals surface area contributed by atoms with Gasteiger partial charge in [0.25, 0.3) is 0 Å². The van der Waals surface area contributed by atoms with E-state index in [0.717, 1.165) is 22.3 Å². The molecule has 0 amide bonds. The summed E-state index contributed by atoms with van der Waals surface area (Å²) in [5, 5.41) is 4.30. The van der Waals surface area contributed by atoms with Crippen LogP contribution in [0.25, 0.3) is 22.1 Å². The average molecular weight is 266 g/mol. The molecule has 0 aliphatic rings. The number of H-pyrrole nitrogens is 1. The Bertz CT molecular complexity index is 962. The lowest BCUT2D eigenvalue weighted by Crippen LogP contribution is -1.92. The molecule has 4 rings (SSSR count). The maximum Gasteiger partial charge on any atom is 0.417 e. The van der Waals surface area contributed by atoms with Crippen LogP contribution in [0, 0.1) is 0 Å². The van der Waals surface area contributed by atoms with Crippen molar-refractivity contribution >= 4 is 33.4 Å². The minimum Gasteiger partial charge on any atom is -0.464 e. The minimum absolute atomic E-state index is 0.447. The van der Waals surface area contributed by atoms with Crippen molar-refractivity contribution in [2.75, 3.05) is 5.32 Å². The summed E-state index contributed by atoms with van der Waals surface area (Å²) in [6.07, 6.45) is 1.66. The first-order valence-electron chi connectivity index (χ1n) is 6.15. The van der Waals surface area contributed by atoms with E-state index in [1.54, 1.807) is 18.4 Å². The molecular formula is C15H10N2O3. The maximum atomic E-state index is 11.1. The largest absolute Gasteiger partial charge is 0.464 e. The smallest absolute Gasteiger partial charge is 0.417 e. The van der Waals surface area contributed by atoms with Crippen LogP contribution in [0.1, 0.15) is 0 Å². The van der Waals surface area contributed by atoms with Crippen molar-refractivity contribution in [3.8, 4) is 0 Å². The second-order valence-electron chi connectivity index (χ2n) is 4.52. The molecule has 98 valence electrons. The zero-order valence-corrected chi connectivity index (χ0v) is 10.3. The van der Waals surface area contributed by atoms with E-state index in [9.17, 15) is 4.79 Å². The van der Waals surface area contributed by atoms with Gasteiger partial charge in [-0.2, -0.15) is 0 Å². The molecule has 0 atom stereocenters. The van der Waals surface area contributed by atoms with Crippen LogP contribution in [0.2, 0.25) is 0 Å². The summed E-state index contributed by atoms with van der Waals surface area (Å²) in [4.78, 5) is 13.7. The first-order valence-corrected chi connectivity index (χ1v) is 6.15. The van der Waals surface area contributed by atoms with Crippen LogP contribution in [0.3, 0.4) is 0 Å². The van der Waals surface area contributed by atoms with Crippen molar-refractivity contribution < 1.29 is 8.83 Å². The number of rotatable bonds is 2. The van der Waals surface area contributed by atoms with Gasteiger partial charge < -0.3 is 14.2 Å². The Morgan fingerprint density at radius 3 is 2.75 bits per heavy atom. The second-order valence-corrected chi connectivity index (χ2v) is 4.52. The molecule has 0 spiro atoms. The molecule has 2 aromatic carbocycles. The van der Waals surface area contributed by atoms with Gasteiger partial charge in [0.15, 0.2) is 5.58 Å². The van der Waals surface area contributed by atoms with Crippen LogP contribution in [0.4, 0.5) is 11.4 Å². The van der Waals surface area contributed by atoms with Crippen LogP contribution in [-0.4, -0.2) is 4.98 Å². The Morgan fingerprint density at radius 2 is 1.80 bits per heavy atom. The molecule has 2 N–H and O–H groups in total. The molecule has 0 aliphatic carbocycles. The SMILES string of the molecule is O=c1[nH]c2ccc(Nc3ccc4occc4c3)cc2o1. The maximum absolute atomic E-state index is 11.1. The zero-order valence-electron chi connectivity index (χ0n) is 10.3. The highest BCUT2D eigenvalue weighted by Crippen LogP contribution is 2.24. The number of nitrogens with one attached hydrogen (secondary N) is 2. The van der Waals surface area contributed by atoms with E-state index in [4.69, 9.17) is 8.83 Å². The Hall–Kier alpha value is -2.95. The van der Waals surface area contributed by atoms with Crippen molar-refractivity contribution in [3.05, 3.63) is 59.3 Å². The highest BCUT2D eigenvalue weighted by atomic mass is 16.4. The fraction of sp³-hybridized carbons (Fsp3) is 0. The quantitative estimate of drug-likeness (QED) is 0.581. The number of benzene rings is 2. The molecule has 4 aromatic rings. The average Bonchev–Trinajstić information content (AvgIpc) is 3.02. The highest BCUT2D eigenvalue weighted by molar-refractivity contribution is 5.83. The first-order chi connectivity index (χ1) is 9.78. The Morgan fingerprint density at radius 1 is 0.950 bits per heavy atom. The molecule has 5 nitrogen and oxygen atoms in total. The monoisotopic (exact) mass is 266 g/mol. The van der Waals surface area contributed by atoms with E-state index in [0.29, 0.717) is 11.1 Å². The van der Waals surface area contributed by atoms with Crippen molar-refractivity contribution in [1.82, 2.24) is 4.98 Å². The number of fused-ring (bicyclic) bond motifs is 2. The van der Waals surface area contributed by atoms with Gasteiger partial charge in [-0.05, 0) is 36.4 Å². The Kier molecular flexibility index (Phi) is 2.20. The molecule has 0 unspecified atom stereocenters. The molecule has 0 saturated heterocycles. The van der Waals surface area contributed by atoms with Crippen LogP contribution < -0.4 is 11.1 Å². The summed E-state index contributed by atoms with van der Waals surface area (Å²) in [5.41, 5.74) is 3.86. The normalized spacial score (nSPS) is 11.2. The number of oxazole rings is 1. The number of aromatic nitrogens is 1. The molecule has 0 bridgehead atoms. The van der Waals surface area contributed by atoms with E-state index in [1.165, 1.54) is 0 Å². The Labute approximate surface area is 112 Å². The summed E-state index contributed by atoms with van der Waals surface area (Å²) in [7, 11) is 0. The standard InChI is InChI=1S/C15H10N2O3/c18-15-17-12-3-1-11(8-14(12)20-15)16-10-2-4-13-9(7-10)5-6-19-13/h1-8,16H,(H,17,18). The van der Waals surface area contributed by atoms with Crippen molar-refractivity contribution in [1.29, 1.82) is 0 Å². The van der Waals surface area contributed by atoms with Gasteiger partial charge in [0, 0.05) is 22.8 Å². The fourth-order valence-corrected chi connectivity index (χ4v) is 2.23. The van der Waals surface area contributed by atoms with E-state index in [-0.39, 0.29) is 0 Å². The van der Waals surface area contributed by atoms with Crippen molar-refractivity contribution in [2.45, 2.75) is 0 Å². The molecule has 0 fully saturated rings. The molecule has 2 heterocycles. The molecule has 0 aliphatic heterocycles. The van der Waals surface area contributed by atoms with Crippen LogP contribution in [0.5, 0.6) is 0 Å². The summed E-state index contributed by atoms with van der Waals surface area (Å²) >= 11 is 0. The molecular weight excluding hydrogens is 256 g/mol. The summed E-state index contributed by atoms with van der Waals surface area (Å²) in [5.74, 6) is -0.447. The van der Waals surface area contributed by atoms with Crippen LogP contribution >= 0.6 is 0 Å². The van der Waals surface area contributed by atoms with Crippen molar-refractivity contribution in [2.24, 2.45) is 0 Å². The van der Waals surface area contributed by atoms with Gasteiger partial charge in [0.2, 0.25) is 0 Å². The summed E-state index contributed by atoms with van der Waals surface area (Å²) in [6, 6.07) is 13.2. The van der Waals surface area contributed by atoms with E-state index in [1.807, 2.05) is 30.3 Å². The third kappa shape index (κ3) is 1.76. The van der Waals surface area contributed by atoms with Gasteiger partial charge >= 0.3 is 5.76 Å². The van der Waals surface area contributed by atoms with Gasteiger partial charge in [0.1, 0.15) is 5.58 Å².